The predicted molar refractivity (Wildman–Crippen MR) is 128 cm³/mol. The van der Waals surface area contributed by atoms with Crippen LogP contribution in [0.3, 0.4) is 0 Å². The molecule has 33 heavy (non-hydrogen) atoms. The van der Waals surface area contributed by atoms with Gasteiger partial charge in [0.05, 0.1) is 21.0 Å². The lowest BCUT2D eigenvalue weighted by Gasteiger charge is -2.34. The number of rotatable bonds is 5. The molecule has 0 aliphatic carbocycles. The number of carbonyl (C=O) groups is 1. The van der Waals surface area contributed by atoms with E-state index in [2.05, 4.69) is 0 Å². The van der Waals surface area contributed by atoms with E-state index in [-0.39, 0.29) is 23.9 Å². The van der Waals surface area contributed by atoms with Crippen molar-refractivity contribution in [1.82, 2.24) is 19.0 Å². The highest BCUT2D eigenvalue weighted by Crippen LogP contribution is 2.29. The van der Waals surface area contributed by atoms with Gasteiger partial charge in [-0.15, -0.1) is 11.3 Å². The van der Waals surface area contributed by atoms with E-state index in [4.69, 9.17) is 5.10 Å². The second-order valence-electron chi connectivity index (χ2n) is 7.66. The Morgan fingerprint density at radius 2 is 1.52 bits per heavy atom. The zero-order valence-corrected chi connectivity index (χ0v) is 19.4. The van der Waals surface area contributed by atoms with Crippen molar-refractivity contribution >= 4 is 27.3 Å². The van der Waals surface area contributed by atoms with Crippen LogP contribution in [0, 0.1) is 0 Å². The number of thiophene rings is 1. The maximum Gasteiger partial charge on any atom is 0.257 e. The first-order valence-corrected chi connectivity index (χ1v) is 12.9. The molecule has 0 spiro atoms. The van der Waals surface area contributed by atoms with Crippen LogP contribution in [-0.2, 0) is 10.0 Å². The molecule has 0 bridgehead atoms. The van der Waals surface area contributed by atoms with Gasteiger partial charge in [-0.25, -0.2) is 13.1 Å². The lowest BCUT2D eigenvalue weighted by Crippen LogP contribution is -2.50. The average molecular weight is 479 g/mol. The number of carbonyl (C=O) groups excluding carboxylic acids is 1. The van der Waals surface area contributed by atoms with E-state index in [1.54, 1.807) is 46.1 Å². The Kier molecular flexibility index (Phi) is 5.84. The van der Waals surface area contributed by atoms with Crippen molar-refractivity contribution in [1.29, 1.82) is 0 Å². The maximum absolute atomic E-state index is 13.5. The SMILES string of the molecule is O=C(c1cn(-c2ccccc2)nc1-c1cccs1)N1CCN(S(=O)(=O)c2ccccc2)CC1. The molecular weight excluding hydrogens is 456 g/mol. The van der Waals surface area contributed by atoms with Crippen LogP contribution in [0.1, 0.15) is 10.4 Å². The topological polar surface area (TPSA) is 75.5 Å². The minimum absolute atomic E-state index is 0.141. The van der Waals surface area contributed by atoms with Gasteiger partial charge in [-0.1, -0.05) is 42.5 Å². The molecule has 2 aromatic carbocycles. The van der Waals surface area contributed by atoms with Gasteiger partial charge in [0.25, 0.3) is 5.91 Å². The number of benzene rings is 2. The number of sulfonamides is 1. The summed E-state index contributed by atoms with van der Waals surface area (Å²) in [5.74, 6) is -0.141. The lowest BCUT2D eigenvalue weighted by molar-refractivity contribution is 0.0698. The normalized spacial score (nSPS) is 15.0. The fourth-order valence-electron chi connectivity index (χ4n) is 3.88. The molecule has 1 aliphatic heterocycles. The molecule has 0 atom stereocenters. The monoisotopic (exact) mass is 478 g/mol. The van der Waals surface area contributed by atoms with E-state index >= 15 is 0 Å². The number of aromatic nitrogens is 2. The number of piperazine rings is 1. The van der Waals surface area contributed by atoms with Gasteiger partial charge < -0.3 is 4.90 Å². The number of nitrogens with zero attached hydrogens (tertiary/aromatic N) is 4. The standard InChI is InChI=1S/C24H22N4O3S2/c29-24(26-13-15-27(16-14-26)33(30,31)20-10-5-2-6-11-20)21-18-28(19-8-3-1-4-9-19)25-23(21)22-12-7-17-32-22/h1-12,17-18H,13-16H2. The second kappa shape index (κ2) is 8.93. The largest absolute Gasteiger partial charge is 0.336 e. The molecular formula is C24H22N4O3S2. The average Bonchev–Trinajstić information content (AvgIpc) is 3.55. The van der Waals surface area contributed by atoms with Crippen LogP contribution in [0.15, 0.2) is 89.3 Å². The maximum atomic E-state index is 13.5. The molecule has 168 valence electrons. The van der Waals surface area contributed by atoms with Gasteiger partial charge in [0, 0.05) is 32.4 Å². The smallest absolute Gasteiger partial charge is 0.257 e. The van der Waals surface area contributed by atoms with Gasteiger partial charge in [-0.2, -0.15) is 9.40 Å². The first-order chi connectivity index (χ1) is 16.0. The van der Waals surface area contributed by atoms with E-state index < -0.39 is 10.0 Å². The summed E-state index contributed by atoms with van der Waals surface area (Å²) in [5, 5.41) is 6.66. The highest BCUT2D eigenvalue weighted by atomic mass is 32.2. The minimum Gasteiger partial charge on any atom is -0.336 e. The molecule has 1 aliphatic rings. The van der Waals surface area contributed by atoms with Crippen LogP contribution >= 0.6 is 11.3 Å². The first kappa shape index (κ1) is 21.6. The summed E-state index contributed by atoms with van der Waals surface area (Å²) in [6.07, 6.45) is 1.76. The predicted octanol–water partition coefficient (Wildman–Crippen LogP) is 3.75. The zero-order chi connectivity index (χ0) is 22.8. The molecule has 0 unspecified atom stereocenters. The Bertz CT molecular complexity index is 1340. The van der Waals surface area contributed by atoms with Crippen molar-refractivity contribution in [3.63, 3.8) is 0 Å². The Hall–Kier alpha value is -3.27. The summed E-state index contributed by atoms with van der Waals surface area (Å²) in [6, 6.07) is 21.9. The third kappa shape index (κ3) is 4.22. The minimum atomic E-state index is -3.57. The van der Waals surface area contributed by atoms with Gasteiger partial charge in [-0.3, -0.25) is 4.79 Å². The number of hydrogen-bond donors (Lipinski definition) is 0. The summed E-state index contributed by atoms with van der Waals surface area (Å²) in [5.41, 5.74) is 2.02. The van der Waals surface area contributed by atoms with Crippen LogP contribution < -0.4 is 0 Å². The van der Waals surface area contributed by atoms with Gasteiger partial charge >= 0.3 is 0 Å². The quantitative estimate of drug-likeness (QED) is 0.438. The highest BCUT2D eigenvalue weighted by molar-refractivity contribution is 7.89. The van der Waals surface area contributed by atoms with E-state index in [9.17, 15) is 13.2 Å². The van der Waals surface area contributed by atoms with Gasteiger partial charge in [-0.05, 0) is 35.7 Å². The zero-order valence-electron chi connectivity index (χ0n) is 17.7. The van der Waals surface area contributed by atoms with Crippen LogP contribution in [0.5, 0.6) is 0 Å². The van der Waals surface area contributed by atoms with Crippen LogP contribution in [0.2, 0.25) is 0 Å². The van der Waals surface area contributed by atoms with Crippen molar-refractivity contribution in [2.45, 2.75) is 4.90 Å². The van der Waals surface area contributed by atoms with Crippen molar-refractivity contribution in [2.24, 2.45) is 0 Å². The summed E-state index contributed by atoms with van der Waals surface area (Å²) < 4.78 is 29.0. The van der Waals surface area contributed by atoms with Crippen molar-refractivity contribution < 1.29 is 13.2 Å². The van der Waals surface area contributed by atoms with Crippen LogP contribution in [0.25, 0.3) is 16.3 Å². The molecule has 4 aromatic rings. The molecule has 1 saturated heterocycles. The molecule has 0 N–H and O–H groups in total. The molecule has 1 amide bonds. The van der Waals surface area contributed by atoms with E-state index in [0.717, 1.165) is 10.6 Å². The number of para-hydroxylation sites is 1. The van der Waals surface area contributed by atoms with Crippen molar-refractivity contribution in [3.05, 3.63) is 89.9 Å². The molecule has 0 saturated carbocycles. The van der Waals surface area contributed by atoms with Crippen LogP contribution in [-0.4, -0.2) is 59.5 Å². The Labute approximate surface area is 196 Å². The number of amides is 1. The van der Waals surface area contributed by atoms with E-state index in [0.29, 0.717) is 24.3 Å². The molecule has 2 aromatic heterocycles. The fraction of sp³-hybridized carbons (Fsp3) is 0.167. The van der Waals surface area contributed by atoms with Gasteiger partial charge in [0.1, 0.15) is 5.69 Å². The molecule has 3 heterocycles. The Morgan fingerprint density at radius 3 is 2.15 bits per heavy atom. The van der Waals surface area contributed by atoms with Gasteiger partial charge in [0.15, 0.2) is 0 Å². The Balaban J connectivity index is 1.39. The fourth-order valence-corrected chi connectivity index (χ4v) is 6.05. The molecule has 9 heteroatoms. The molecule has 1 fully saturated rings. The molecule has 5 rings (SSSR count). The summed E-state index contributed by atoms with van der Waals surface area (Å²) >= 11 is 1.53. The molecule has 0 radical (unpaired) electrons. The third-order valence-corrected chi connectivity index (χ3v) is 8.42. The van der Waals surface area contributed by atoms with E-state index in [1.165, 1.54) is 15.6 Å². The lowest BCUT2D eigenvalue weighted by atomic mass is 10.2. The number of hydrogen-bond acceptors (Lipinski definition) is 5. The van der Waals surface area contributed by atoms with Crippen molar-refractivity contribution in [3.8, 4) is 16.3 Å². The molecule has 7 nitrogen and oxygen atoms in total. The van der Waals surface area contributed by atoms with Crippen molar-refractivity contribution in [2.75, 3.05) is 26.2 Å². The van der Waals surface area contributed by atoms with E-state index in [1.807, 2.05) is 47.8 Å². The summed E-state index contributed by atoms with van der Waals surface area (Å²) in [6.45, 7) is 1.16. The van der Waals surface area contributed by atoms with Crippen LogP contribution in [0.4, 0.5) is 0 Å². The Morgan fingerprint density at radius 1 is 0.848 bits per heavy atom. The summed E-state index contributed by atoms with van der Waals surface area (Å²) in [7, 11) is -3.57. The van der Waals surface area contributed by atoms with Gasteiger partial charge in [0.2, 0.25) is 10.0 Å². The highest BCUT2D eigenvalue weighted by Gasteiger charge is 2.32. The summed E-state index contributed by atoms with van der Waals surface area (Å²) in [4.78, 5) is 16.4. The third-order valence-electron chi connectivity index (χ3n) is 5.63. The second-order valence-corrected chi connectivity index (χ2v) is 10.5. The first-order valence-electron chi connectivity index (χ1n) is 10.6.